The molecule has 1 fully saturated rings. The molecule has 1 aliphatic heterocycles. The molecule has 2 rings (SSSR count). The second kappa shape index (κ2) is 4.51. The number of hydrogen-bond acceptors (Lipinski definition) is 3. The van der Waals surface area contributed by atoms with Gasteiger partial charge in [-0.05, 0) is 38.8 Å². The Bertz CT molecular complexity index is 299. The molecular weight excluding hydrogens is 186 g/mol. The molecule has 0 unspecified atom stereocenters. The highest BCUT2D eigenvalue weighted by molar-refractivity contribution is 5.49. The van der Waals surface area contributed by atoms with E-state index in [2.05, 4.69) is 41.2 Å². The summed E-state index contributed by atoms with van der Waals surface area (Å²) in [6.07, 6.45) is 4.52. The largest absolute Gasteiger partial charge is 0.382 e. The van der Waals surface area contributed by atoms with E-state index in [9.17, 15) is 0 Å². The minimum Gasteiger partial charge on any atom is -0.382 e. The summed E-state index contributed by atoms with van der Waals surface area (Å²) < 4.78 is 0. The highest BCUT2D eigenvalue weighted by Gasteiger charge is 2.12. The van der Waals surface area contributed by atoms with Crippen molar-refractivity contribution >= 4 is 11.5 Å². The minimum atomic E-state index is 0.462. The summed E-state index contributed by atoms with van der Waals surface area (Å²) >= 11 is 0. The summed E-state index contributed by atoms with van der Waals surface area (Å²) in [6.45, 7) is 6.58. The third-order valence-electron chi connectivity index (χ3n) is 2.63. The van der Waals surface area contributed by atoms with Crippen LogP contribution in [0.4, 0.5) is 11.5 Å². The van der Waals surface area contributed by atoms with Crippen molar-refractivity contribution in [1.29, 1.82) is 0 Å². The van der Waals surface area contributed by atoms with Gasteiger partial charge in [0.2, 0.25) is 0 Å². The molecule has 1 aliphatic rings. The van der Waals surface area contributed by atoms with Crippen molar-refractivity contribution in [2.75, 3.05) is 23.3 Å². The number of nitrogens with zero attached hydrogens (tertiary/aromatic N) is 2. The molecule has 1 aromatic heterocycles. The van der Waals surface area contributed by atoms with E-state index in [1.807, 2.05) is 6.20 Å². The van der Waals surface area contributed by atoms with Crippen molar-refractivity contribution in [1.82, 2.24) is 4.98 Å². The highest BCUT2D eigenvalue weighted by Crippen LogP contribution is 2.19. The Labute approximate surface area is 91.5 Å². The SMILES string of the molecule is CC(C)Nc1ccc(N2CCCC2)nc1. The Morgan fingerprint density at radius 2 is 2.00 bits per heavy atom. The fourth-order valence-electron chi connectivity index (χ4n) is 1.94. The molecule has 1 saturated heterocycles. The predicted molar refractivity (Wildman–Crippen MR) is 64.4 cm³/mol. The van der Waals surface area contributed by atoms with Gasteiger partial charge >= 0.3 is 0 Å². The van der Waals surface area contributed by atoms with Gasteiger partial charge in [0.1, 0.15) is 5.82 Å². The van der Waals surface area contributed by atoms with Gasteiger partial charge in [-0.2, -0.15) is 0 Å². The predicted octanol–water partition coefficient (Wildman–Crippen LogP) is 2.50. The Morgan fingerprint density at radius 1 is 1.27 bits per heavy atom. The zero-order valence-corrected chi connectivity index (χ0v) is 9.53. The van der Waals surface area contributed by atoms with Crippen LogP contribution in [-0.4, -0.2) is 24.1 Å². The molecule has 3 nitrogen and oxygen atoms in total. The lowest BCUT2D eigenvalue weighted by atomic mass is 10.3. The van der Waals surface area contributed by atoms with Gasteiger partial charge in [-0.25, -0.2) is 4.98 Å². The first kappa shape index (κ1) is 10.3. The Balaban J connectivity index is 2.03. The number of rotatable bonds is 3. The number of pyridine rings is 1. The van der Waals surface area contributed by atoms with Crippen molar-refractivity contribution < 1.29 is 0 Å². The second-order valence-corrected chi connectivity index (χ2v) is 4.40. The van der Waals surface area contributed by atoms with Crippen LogP contribution in [0.5, 0.6) is 0 Å². The van der Waals surface area contributed by atoms with E-state index in [1.54, 1.807) is 0 Å². The summed E-state index contributed by atoms with van der Waals surface area (Å²) in [7, 11) is 0. The van der Waals surface area contributed by atoms with Gasteiger partial charge in [0.15, 0.2) is 0 Å². The monoisotopic (exact) mass is 205 g/mol. The van der Waals surface area contributed by atoms with Gasteiger partial charge in [0, 0.05) is 19.1 Å². The fraction of sp³-hybridized carbons (Fsp3) is 0.583. The number of anilines is 2. The summed E-state index contributed by atoms with van der Waals surface area (Å²) in [4.78, 5) is 6.82. The molecule has 15 heavy (non-hydrogen) atoms. The number of hydrogen-bond donors (Lipinski definition) is 1. The van der Waals surface area contributed by atoms with E-state index in [-0.39, 0.29) is 0 Å². The zero-order valence-electron chi connectivity index (χ0n) is 9.53. The number of aromatic nitrogens is 1. The molecule has 0 radical (unpaired) electrons. The van der Waals surface area contributed by atoms with E-state index in [4.69, 9.17) is 0 Å². The molecule has 1 N–H and O–H groups in total. The van der Waals surface area contributed by atoms with Crippen molar-refractivity contribution in [2.24, 2.45) is 0 Å². The van der Waals surface area contributed by atoms with Crippen LogP contribution in [0, 0.1) is 0 Å². The maximum atomic E-state index is 4.48. The fourth-order valence-corrected chi connectivity index (χ4v) is 1.94. The van der Waals surface area contributed by atoms with E-state index in [0.717, 1.165) is 24.6 Å². The van der Waals surface area contributed by atoms with Crippen molar-refractivity contribution in [3.63, 3.8) is 0 Å². The Kier molecular flexibility index (Phi) is 3.09. The van der Waals surface area contributed by atoms with E-state index >= 15 is 0 Å². The summed E-state index contributed by atoms with van der Waals surface area (Å²) in [5, 5.41) is 3.34. The molecule has 0 atom stereocenters. The molecule has 0 aromatic carbocycles. The summed E-state index contributed by atoms with van der Waals surface area (Å²) in [5.74, 6) is 1.11. The quantitative estimate of drug-likeness (QED) is 0.821. The number of nitrogens with one attached hydrogen (secondary N) is 1. The molecular formula is C12H19N3. The van der Waals surface area contributed by atoms with Gasteiger partial charge < -0.3 is 10.2 Å². The Morgan fingerprint density at radius 3 is 2.53 bits per heavy atom. The molecule has 0 amide bonds. The lowest BCUT2D eigenvalue weighted by molar-refractivity contribution is 0.894. The van der Waals surface area contributed by atoms with Crippen molar-refractivity contribution in [3.05, 3.63) is 18.3 Å². The molecule has 82 valence electrons. The normalized spacial score (nSPS) is 16.1. The van der Waals surface area contributed by atoms with Crippen molar-refractivity contribution in [2.45, 2.75) is 32.7 Å². The summed E-state index contributed by atoms with van der Waals surface area (Å²) in [6, 6.07) is 4.68. The minimum absolute atomic E-state index is 0.462. The van der Waals surface area contributed by atoms with Crippen LogP contribution in [0.1, 0.15) is 26.7 Å². The zero-order chi connectivity index (χ0) is 10.7. The molecule has 0 bridgehead atoms. The molecule has 0 saturated carbocycles. The molecule has 3 heteroatoms. The third kappa shape index (κ3) is 2.61. The molecule has 0 aliphatic carbocycles. The van der Waals surface area contributed by atoms with Crippen LogP contribution in [0.3, 0.4) is 0 Å². The van der Waals surface area contributed by atoms with Crippen LogP contribution < -0.4 is 10.2 Å². The van der Waals surface area contributed by atoms with E-state index in [0.29, 0.717) is 6.04 Å². The Hall–Kier alpha value is -1.25. The topological polar surface area (TPSA) is 28.2 Å². The average molecular weight is 205 g/mol. The lowest BCUT2D eigenvalue weighted by Gasteiger charge is -2.17. The summed E-state index contributed by atoms with van der Waals surface area (Å²) in [5.41, 5.74) is 1.10. The van der Waals surface area contributed by atoms with E-state index in [1.165, 1.54) is 12.8 Å². The van der Waals surface area contributed by atoms with Crippen LogP contribution in [0.25, 0.3) is 0 Å². The van der Waals surface area contributed by atoms with Crippen LogP contribution in [0.2, 0.25) is 0 Å². The molecule has 2 heterocycles. The van der Waals surface area contributed by atoms with Gasteiger partial charge in [-0.15, -0.1) is 0 Å². The average Bonchev–Trinajstić information content (AvgIpc) is 2.71. The third-order valence-corrected chi connectivity index (χ3v) is 2.63. The smallest absolute Gasteiger partial charge is 0.128 e. The second-order valence-electron chi connectivity index (χ2n) is 4.40. The van der Waals surface area contributed by atoms with Gasteiger partial charge in [0.05, 0.1) is 11.9 Å². The van der Waals surface area contributed by atoms with Gasteiger partial charge in [0.25, 0.3) is 0 Å². The van der Waals surface area contributed by atoms with Crippen LogP contribution in [0.15, 0.2) is 18.3 Å². The van der Waals surface area contributed by atoms with E-state index < -0.39 is 0 Å². The first-order valence-electron chi connectivity index (χ1n) is 5.73. The van der Waals surface area contributed by atoms with Crippen LogP contribution >= 0.6 is 0 Å². The van der Waals surface area contributed by atoms with Gasteiger partial charge in [-0.1, -0.05) is 0 Å². The maximum Gasteiger partial charge on any atom is 0.128 e. The molecule has 1 aromatic rings. The lowest BCUT2D eigenvalue weighted by Crippen LogP contribution is -2.19. The van der Waals surface area contributed by atoms with Crippen molar-refractivity contribution in [3.8, 4) is 0 Å². The van der Waals surface area contributed by atoms with Crippen LogP contribution in [-0.2, 0) is 0 Å². The first-order valence-corrected chi connectivity index (χ1v) is 5.73. The molecule has 0 spiro atoms. The van der Waals surface area contributed by atoms with Gasteiger partial charge in [-0.3, -0.25) is 0 Å². The maximum absolute atomic E-state index is 4.48. The first-order chi connectivity index (χ1) is 7.25. The highest BCUT2D eigenvalue weighted by atomic mass is 15.2. The standard InChI is InChI=1S/C12H19N3/c1-10(2)14-11-5-6-12(13-9-11)15-7-3-4-8-15/h5-6,9-10,14H,3-4,7-8H2,1-2H3.